The molecule has 0 aliphatic carbocycles. The van der Waals surface area contributed by atoms with Crippen LogP contribution >= 0.6 is 10.3 Å². The van der Waals surface area contributed by atoms with Gasteiger partial charge in [-0.05, 0) is 19.3 Å². The van der Waals surface area contributed by atoms with Gasteiger partial charge in [0.15, 0.2) is 0 Å². The van der Waals surface area contributed by atoms with Crippen LogP contribution in [0.5, 0.6) is 0 Å². The normalized spacial score (nSPS) is 13.1. The van der Waals surface area contributed by atoms with Crippen LogP contribution in [0, 0.1) is 0 Å². The van der Waals surface area contributed by atoms with Crippen molar-refractivity contribution in [3.05, 3.63) is 0 Å². The lowest BCUT2D eigenvalue weighted by Crippen LogP contribution is -2.16. The molecular weight excluding hydrogens is 208 g/mol. The Morgan fingerprint density at radius 2 is 1.13 bits per heavy atom. The van der Waals surface area contributed by atoms with Gasteiger partial charge in [-0.2, -0.15) is 4.33 Å². The van der Waals surface area contributed by atoms with Crippen LogP contribution in [-0.4, -0.2) is 22.5 Å². The van der Waals surface area contributed by atoms with Gasteiger partial charge in [-0.3, -0.25) is 0 Å². The van der Waals surface area contributed by atoms with E-state index in [1.807, 2.05) is 0 Å². The first-order chi connectivity index (χ1) is 7.24. The molecule has 0 fully saturated rings. The van der Waals surface area contributed by atoms with Crippen LogP contribution in [0.3, 0.4) is 0 Å². The second-order valence-electron chi connectivity index (χ2n) is 4.21. The Kier molecular flexibility index (Phi) is 9.66. The van der Waals surface area contributed by atoms with E-state index in [-0.39, 0.29) is 0 Å². The molecule has 0 aliphatic heterocycles. The van der Waals surface area contributed by atoms with Crippen LogP contribution in [0.15, 0.2) is 0 Å². The van der Waals surface area contributed by atoms with Crippen LogP contribution < -0.4 is 0 Å². The van der Waals surface area contributed by atoms with E-state index in [0.29, 0.717) is 0 Å². The first-order valence-electron chi connectivity index (χ1n) is 6.34. The molecule has 0 atom stereocenters. The molecule has 2 nitrogen and oxygen atoms in total. The molecule has 0 rings (SSSR count). The SMILES string of the molecule is CCCCS(CCCC)(CCCC)OO. The molecule has 0 radical (unpaired) electrons. The average molecular weight is 236 g/mol. The Bertz CT molecular complexity index is 118. The standard InChI is InChI=1S/C12H28O2S/c1-4-7-10-15(14-13,11-8-5-2)12-9-6-3/h13H,4-12H2,1-3H3. The van der Waals surface area contributed by atoms with Crippen LogP contribution in [0.25, 0.3) is 0 Å². The van der Waals surface area contributed by atoms with Crippen molar-refractivity contribution in [2.75, 3.05) is 17.3 Å². The monoisotopic (exact) mass is 236 g/mol. The molecule has 0 unspecified atom stereocenters. The predicted octanol–water partition coefficient (Wildman–Crippen LogP) is 4.60. The van der Waals surface area contributed by atoms with Crippen LogP contribution in [0.4, 0.5) is 0 Å². The molecule has 0 saturated heterocycles. The molecular formula is C12H28O2S. The summed E-state index contributed by atoms with van der Waals surface area (Å²) in [4.78, 5) is 0. The summed E-state index contributed by atoms with van der Waals surface area (Å²) >= 11 is 0. The number of hydrogen-bond acceptors (Lipinski definition) is 2. The number of rotatable bonds is 10. The van der Waals surface area contributed by atoms with E-state index in [1.165, 1.54) is 38.5 Å². The summed E-state index contributed by atoms with van der Waals surface area (Å²) in [5.41, 5.74) is 0. The van der Waals surface area contributed by atoms with E-state index < -0.39 is 10.3 Å². The van der Waals surface area contributed by atoms with Gasteiger partial charge in [0.2, 0.25) is 0 Å². The van der Waals surface area contributed by atoms with Gasteiger partial charge in [0.05, 0.1) is 0 Å². The molecule has 3 heteroatoms. The fourth-order valence-corrected chi connectivity index (χ4v) is 4.92. The minimum absolute atomic E-state index is 1.08. The summed E-state index contributed by atoms with van der Waals surface area (Å²) in [5.74, 6) is 3.25. The maximum atomic E-state index is 9.19. The van der Waals surface area contributed by atoms with Gasteiger partial charge in [-0.25, -0.2) is 5.26 Å². The fraction of sp³-hybridized carbons (Fsp3) is 1.00. The highest BCUT2D eigenvalue weighted by Gasteiger charge is 2.23. The number of unbranched alkanes of at least 4 members (excludes halogenated alkanes) is 3. The third-order valence-electron chi connectivity index (χ3n) is 2.77. The molecule has 0 spiro atoms. The zero-order chi connectivity index (χ0) is 11.6. The summed E-state index contributed by atoms with van der Waals surface area (Å²) < 4.78 is 4.93. The Labute approximate surface area is 96.9 Å². The molecule has 0 aromatic carbocycles. The van der Waals surface area contributed by atoms with Crippen molar-refractivity contribution >= 4 is 10.3 Å². The highest BCUT2D eigenvalue weighted by atomic mass is 32.3. The average Bonchev–Trinajstić information content (AvgIpc) is 2.29. The zero-order valence-corrected chi connectivity index (χ0v) is 11.4. The highest BCUT2D eigenvalue weighted by Crippen LogP contribution is 2.50. The third-order valence-corrected chi connectivity index (χ3v) is 6.18. The molecule has 0 aromatic rings. The van der Waals surface area contributed by atoms with Crippen molar-refractivity contribution in [2.45, 2.75) is 59.3 Å². The molecule has 0 aromatic heterocycles. The smallest absolute Gasteiger partial charge is 0.00181 e. The van der Waals surface area contributed by atoms with E-state index in [1.54, 1.807) is 0 Å². The Morgan fingerprint density at radius 3 is 1.33 bits per heavy atom. The lowest BCUT2D eigenvalue weighted by molar-refractivity contribution is -0.124. The first kappa shape index (κ1) is 15.3. The zero-order valence-electron chi connectivity index (χ0n) is 10.6. The minimum Gasteiger partial charge on any atom is -0.241 e. The fourth-order valence-electron chi connectivity index (χ4n) is 1.64. The second kappa shape index (κ2) is 9.49. The van der Waals surface area contributed by atoms with Gasteiger partial charge in [0.25, 0.3) is 0 Å². The molecule has 0 bridgehead atoms. The van der Waals surface area contributed by atoms with Crippen molar-refractivity contribution in [1.29, 1.82) is 0 Å². The molecule has 0 saturated carbocycles. The molecule has 0 amide bonds. The van der Waals surface area contributed by atoms with Gasteiger partial charge in [0.1, 0.15) is 0 Å². The van der Waals surface area contributed by atoms with E-state index in [2.05, 4.69) is 20.8 Å². The quantitative estimate of drug-likeness (QED) is 0.444. The van der Waals surface area contributed by atoms with Gasteiger partial charge in [-0.15, -0.1) is 10.3 Å². The lowest BCUT2D eigenvalue weighted by atomic mass is 10.4. The Morgan fingerprint density at radius 1 is 0.800 bits per heavy atom. The first-order valence-corrected chi connectivity index (χ1v) is 8.40. The van der Waals surface area contributed by atoms with Crippen molar-refractivity contribution < 1.29 is 9.59 Å². The largest absolute Gasteiger partial charge is 0.241 e. The van der Waals surface area contributed by atoms with Crippen LogP contribution in [-0.2, 0) is 4.33 Å². The maximum Gasteiger partial charge on any atom is 0.00181 e. The van der Waals surface area contributed by atoms with Crippen molar-refractivity contribution in [3.63, 3.8) is 0 Å². The Balaban J connectivity index is 4.16. The van der Waals surface area contributed by atoms with Crippen LogP contribution in [0.2, 0.25) is 0 Å². The lowest BCUT2D eigenvalue weighted by Gasteiger charge is -2.36. The van der Waals surface area contributed by atoms with Gasteiger partial charge in [0, 0.05) is 17.3 Å². The molecule has 1 N–H and O–H groups in total. The summed E-state index contributed by atoms with van der Waals surface area (Å²) in [6, 6.07) is 0. The molecule has 0 heterocycles. The van der Waals surface area contributed by atoms with Gasteiger partial charge < -0.3 is 0 Å². The van der Waals surface area contributed by atoms with Gasteiger partial charge in [-0.1, -0.05) is 40.0 Å². The summed E-state index contributed by atoms with van der Waals surface area (Å²) in [5, 5.41) is 9.19. The van der Waals surface area contributed by atoms with E-state index >= 15 is 0 Å². The van der Waals surface area contributed by atoms with E-state index in [0.717, 1.165) is 17.3 Å². The molecule has 94 valence electrons. The van der Waals surface area contributed by atoms with E-state index in [9.17, 15) is 5.26 Å². The van der Waals surface area contributed by atoms with Crippen LogP contribution in [0.1, 0.15) is 59.3 Å². The number of hydrogen-bond donors (Lipinski definition) is 1. The summed E-state index contributed by atoms with van der Waals surface area (Å²) in [6.45, 7) is 6.59. The molecule has 15 heavy (non-hydrogen) atoms. The van der Waals surface area contributed by atoms with Gasteiger partial charge >= 0.3 is 0 Å². The highest BCUT2D eigenvalue weighted by molar-refractivity contribution is 8.29. The van der Waals surface area contributed by atoms with E-state index in [4.69, 9.17) is 4.33 Å². The van der Waals surface area contributed by atoms with Crippen molar-refractivity contribution in [1.82, 2.24) is 0 Å². The predicted molar refractivity (Wildman–Crippen MR) is 70.6 cm³/mol. The summed E-state index contributed by atoms with van der Waals surface area (Å²) in [7, 11) is -1.17. The second-order valence-corrected chi connectivity index (χ2v) is 7.52. The topological polar surface area (TPSA) is 29.5 Å². The van der Waals surface area contributed by atoms with Crippen molar-refractivity contribution in [3.8, 4) is 0 Å². The van der Waals surface area contributed by atoms with Crippen molar-refractivity contribution in [2.24, 2.45) is 0 Å². The maximum absolute atomic E-state index is 9.19. The third kappa shape index (κ3) is 6.44. The Hall–Kier alpha value is 0.270. The minimum atomic E-state index is -1.17. The summed E-state index contributed by atoms with van der Waals surface area (Å²) in [6.07, 6.45) is 7.12. The molecule has 0 aliphatic rings.